The van der Waals surface area contributed by atoms with Gasteiger partial charge in [0.15, 0.2) is 5.82 Å². The first kappa shape index (κ1) is 14.6. The molecular weight excluding hydrogens is 316 g/mol. The van der Waals surface area contributed by atoms with Crippen LogP contribution in [0, 0.1) is 0 Å². The van der Waals surface area contributed by atoms with E-state index in [1.165, 1.54) is 12.8 Å². The van der Waals surface area contributed by atoms with Gasteiger partial charge in [-0.25, -0.2) is 9.78 Å². The summed E-state index contributed by atoms with van der Waals surface area (Å²) in [5, 5.41) is 13.8. The lowest BCUT2D eigenvalue weighted by atomic mass is 10.0. The summed E-state index contributed by atoms with van der Waals surface area (Å²) in [6.07, 6.45) is 4.53. The third-order valence-corrected chi connectivity index (χ3v) is 5.54. The number of aromatic amines is 1. The van der Waals surface area contributed by atoms with Crippen molar-refractivity contribution in [3.63, 3.8) is 0 Å². The molecule has 0 spiro atoms. The molecule has 1 amide bonds. The molecule has 122 valence electrons. The van der Waals surface area contributed by atoms with Crippen LogP contribution in [0.3, 0.4) is 0 Å². The summed E-state index contributed by atoms with van der Waals surface area (Å²) in [6, 6.07) is 0.941. The predicted molar refractivity (Wildman–Crippen MR) is 86.0 cm³/mol. The number of rotatable bonds is 4. The molecule has 4 rings (SSSR count). The molecule has 0 atom stereocenters. The van der Waals surface area contributed by atoms with Crippen LogP contribution in [0.1, 0.15) is 46.0 Å². The molecule has 23 heavy (non-hydrogen) atoms. The van der Waals surface area contributed by atoms with Crippen molar-refractivity contribution < 1.29 is 14.7 Å². The van der Waals surface area contributed by atoms with Gasteiger partial charge >= 0.3 is 5.97 Å². The van der Waals surface area contributed by atoms with Gasteiger partial charge in [-0.2, -0.15) is 0 Å². The zero-order valence-corrected chi connectivity index (χ0v) is 13.4. The molecule has 2 aliphatic rings. The smallest absolute Gasteiger partial charge is 0.348 e. The van der Waals surface area contributed by atoms with Crippen molar-refractivity contribution in [3.05, 3.63) is 16.1 Å². The van der Waals surface area contributed by atoms with Gasteiger partial charge in [0.05, 0.1) is 5.52 Å². The van der Waals surface area contributed by atoms with E-state index in [0.29, 0.717) is 11.0 Å². The van der Waals surface area contributed by atoms with Crippen LogP contribution in [-0.4, -0.2) is 57.0 Å². The first-order chi connectivity index (χ1) is 11.1. The number of hydrogen-bond acceptors (Lipinski definition) is 5. The minimum absolute atomic E-state index is 0.160. The fourth-order valence-electron chi connectivity index (χ4n) is 3.18. The van der Waals surface area contributed by atoms with Gasteiger partial charge in [0.25, 0.3) is 5.91 Å². The number of carbonyl (C=O) groups is 2. The summed E-state index contributed by atoms with van der Waals surface area (Å²) < 4.78 is 0. The monoisotopic (exact) mass is 334 g/mol. The Bertz CT molecular complexity index is 756. The number of H-pyrrole nitrogens is 1. The summed E-state index contributed by atoms with van der Waals surface area (Å²) in [4.78, 5) is 33.2. The van der Waals surface area contributed by atoms with E-state index >= 15 is 0 Å². The molecule has 0 radical (unpaired) electrons. The molecule has 8 heteroatoms. The van der Waals surface area contributed by atoms with Gasteiger partial charge in [0, 0.05) is 30.6 Å². The first-order valence-electron chi connectivity index (χ1n) is 7.87. The Kier molecular flexibility index (Phi) is 3.57. The van der Waals surface area contributed by atoms with Crippen LogP contribution >= 0.6 is 11.3 Å². The number of hydrogen-bond donors (Lipinski definition) is 3. The number of carboxylic acid groups (broad SMARTS) is 1. The lowest BCUT2D eigenvalue weighted by Gasteiger charge is -2.32. The third kappa shape index (κ3) is 2.84. The van der Waals surface area contributed by atoms with E-state index < -0.39 is 5.97 Å². The molecule has 0 unspecified atom stereocenters. The quantitative estimate of drug-likeness (QED) is 0.790. The molecule has 3 N–H and O–H groups in total. The molecule has 0 bridgehead atoms. The maximum atomic E-state index is 12.3. The van der Waals surface area contributed by atoms with Crippen LogP contribution in [0.5, 0.6) is 0 Å². The van der Waals surface area contributed by atoms with Gasteiger partial charge < -0.3 is 20.3 Å². The van der Waals surface area contributed by atoms with Crippen molar-refractivity contribution in [3.8, 4) is 0 Å². The van der Waals surface area contributed by atoms with Crippen LogP contribution in [0.25, 0.3) is 11.0 Å². The first-order valence-corrected chi connectivity index (χ1v) is 8.75. The number of likely N-dealkylation sites (tertiary alicyclic amines) is 1. The highest BCUT2D eigenvalue weighted by Gasteiger charge is 2.32. The number of piperidine rings is 1. The SMILES string of the molecule is O=C(NC1CCN(C2CC2)CC1)c1nc2c(C(=O)O)scc2[nH]1. The average Bonchev–Trinajstić information content (AvgIpc) is 3.16. The molecule has 1 aliphatic carbocycles. The van der Waals surface area contributed by atoms with E-state index in [1.807, 2.05) is 0 Å². The van der Waals surface area contributed by atoms with Gasteiger partial charge in [-0.3, -0.25) is 4.79 Å². The highest BCUT2D eigenvalue weighted by atomic mass is 32.1. The third-order valence-electron chi connectivity index (χ3n) is 4.58. The second-order valence-corrected chi connectivity index (χ2v) is 7.11. The Morgan fingerprint density at radius 1 is 1.30 bits per heavy atom. The lowest BCUT2D eigenvalue weighted by Crippen LogP contribution is -2.45. The van der Waals surface area contributed by atoms with Crippen molar-refractivity contribution in [1.29, 1.82) is 0 Å². The molecule has 2 aromatic rings. The Balaban J connectivity index is 1.41. The lowest BCUT2D eigenvalue weighted by molar-refractivity contribution is 0.0703. The highest BCUT2D eigenvalue weighted by Crippen LogP contribution is 2.29. The summed E-state index contributed by atoms with van der Waals surface area (Å²) >= 11 is 1.11. The van der Waals surface area contributed by atoms with Crippen molar-refractivity contribution >= 4 is 34.2 Å². The fourth-order valence-corrected chi connectivity index (χ4v) is 3.95. The molecule has 7 nitrogen and oxygen atoms in total. The predicted octanol–water partition coefficient (Wildman–Crippen LogP) is 1.68. The fraction of sp³-hybridized carbons (Fsp3) is 0.533. The molecule has 2 aromatic heterocycles. The molecule has 3 heterocycles. The van der Waals surface area contributed by atoms with Crippen molar-refractivity contribution in [2.24, 2.45) is 0 Å². The van der Waals surface area contributed by atoms with Crippen LogP contribution in [-0.2, 0) is 0 Å². The van der Waals surface area contributed by atoms with Gasteiger partial charge in [0.2, 0.25) is 0 Å². The summed E-state index contributed by atoms with van der Waals surface area (Å²) in [5.41, 5.74) is 0.956. The standard InChI is InChI=1S/C15H18N4O3S/c20-14(16-8-3-5-19(6-4-8)9-1-2-9)13-17-10-7-23-12(15(21)22)11(10)18-13/h7-9H,1-6H2,(H,16,20)(H,17,18)(H,21,22). The number of carbonyl (C=O) groups excluding carboxylic acids is 1. The maximum Gasteiger partial charge on any atom is 0.348 e. The Labute approximate surface area is 136 Å². The number of nitrogens with one attached hydrogen (secondary N) is 2. The largest absolute Gasteiger partial charge is 0.477 e. The Morgan fingerprint density at radius 3 is 2.70 bits per heavy atom. The molecule has 1 saturated carbocycles. The van der Waals surface area contributed by atoms with Crippen LogP contribution in [0.2, 0.25) is 0 Å². The highest BCUT2D eigenvalue weighted by molar-refractivity contribution is 7.13. The summed E-state index contributed by atoms with van der Waals surface area (Å²) in [5.74, 6) is -1.08. The van der Waals surface area contributed by atoms with Crippen molar-refractivity contribution in [2.75, 3.05) is 13.1 Å². The molecule has 0 aromatic carbocycles. The zero-order chi connectivity index (χ0) is 16.0. The van der Waals surface area contributed by atoms with Gasteiger partial charge in [0.1, 0.15) is 10.4 Å². The molecule has 2 fully saturated rings. The van der Waals surface area contributed by atoms with E-state index in [4.69, 9.17) is 5.11 Å². The van der Waals surface area contributed by atoms with E-state index in [9.17, 15) is 9.59 Å². The number of nitrogens with zero attached hydrogens (tertiary/aromatic N) is 2. The topological polar surface area (TPSA) is 98.3 Å². The Hall–Kier alpha value is -1.93. The molecule has 1 aliphatic heterocycles. The number of thiophene rings is 1. The van der Waals surface area contributed by atoms with Crippen molar-refractivity contribution in [2.45, 2.75) is 37.8 Å². The second-order valence-electron chi connectivity index (χ2n) is 6.23. The number of fused-ring (bicyclic) bond motifs is 1. The van der Waals surface area contributed by atoms with E-state index in [2.05, 4.69) is 20.2 Å². The second kappa shape index (κ2) is 5.61. The van der Waals surface area contributed by atoms with E-state index in [0.717, 1.165) is 43.3 Å². The van der Waals surface area contributed by atoms with Gasteiger partial charge in [-0.1, -0.05) is 0 Å². The Morgan fingerprint density at radius 2 is 2.04 bits per heavy atom. The van der Waals surface area contributed by atoms with Crippen LogP contribution in [0.15, 0.2) is 5.38 Å². The summed E-state index contributed by atoms with van der Waals surface area (Å²) in [6.45, 7) is 2.07. The van der Waals surface area contributed by atoms with Crippen LogP contribution in [0.4, 0.5) is 0 Å². The number of imidazole rings is 1. The van der Waals surface area contributed by atoms with Gasteiger partial charge in [-0.05, 0) is 25.7 Å². The van der Waals surface area contributed by atoms with Gasteiger partial charge in [-0.15, -0.1) is 11.3 Å². The normalized spacial score (nSPS) is 20.0. The number of carboxylic acids is 1. The van der Waals surface area contributed by atoms with Crippen LogP contribution < -0.4 is 5.32 Å². The summed E-state index contributed by atoms with van der Waals surface area (Å²) in [7, 11) is 0. The maximum absolute atomic E-state index is 12.3. The minimum Gasteiger partial charge on any atom is -0.477 e. The molecular formula is C15H18N4O3S. The average molecular weight is 334 g/mol. The number of amides is 1. The van der Waals surface area contributed by atoms with E-state index in [-0.39, 0.29) is 22.7 Å². The van der Waals surface area contributed by atoms with E-state index in [1.54, 1.807) is 5.38 Å². The number of aromatic nitrogens is 2. The number of aromatic carboxylic acids is 1. The van der Waals surface area contributed by atoms with Crippen molar-refractivity contribution in [1.82, 2.24) is 20.2 Å². The minimum atomic E-state index is -1.02. The molecule has 1 saturated heterocycles. The zero-order valence-electron chi connectivity index (χ0n) is 12.5.